The van der Waals surface area contributed by atoms with Crippen LogP contribution in [0.4, 0.5) is 0 Å². The highest BCUT2D eigenvalue weighted by molar-refractivity contribution is 5.86. The maximum atomic E-state index is 12.8. The summed E-state index contributed by atoms with van der Waals surface area (Å²) in [4.78, 5) is 38.1. The van der Waals surface area contributed by atoms with Crippen molar-refractivity contribution in [2.45, 2.75) is 44.6 Å². The van der Waals surface area contributed by atoms with Gasteiger partial charge in [0, 0.05) is 6.42 Å². The summed E-state index contributed by atoms with van der Waals surface area (Å²) in [6, 6.07) is 19.1. The van der Waals surface area contributed by atoms with Crippen LogP contribution in [0.25, 0.3) is 0 Å². The fraction of sp³-hybridized carbons (Fsp3) is 0.414. The molecule has 0 aliphatic carbocycles. The van der Waals surface area contributed by atoms with Gasteiger partial charge in [-0.1, -0.05) is 72.8 Å². The highest BCUT2D eigenvalue weighted by Gasteiger charge is 2.24. The van der Waals surface area contributed by atoms with Gasteiger partial charge in [-0.25, -0.2) is 0 Å². The van der Waals surface area contributed by atoms with Crippen molar-refractivity contribution in [2.75, 3.05) is 19.8 Å². The van der Waals surface area contributed by atoms with Crippen molar-refractivity contribution in [1.82, 2.24) is 10.6 Å². The molecule has 2 amide bonds. The molecule has 3 rings (SSSR count). The first-order valence-corrected chi connectivity index (χ1v) is 12.6. The van der Waals surface area contributed by atoms with Gasteiger partial charge in [0.05, 0.1) is 31.0 Å². The second-order valence-corrected chi connectivity index (χ2v) is 9.17. The molecule has 3 unspecified atom stereocenters. The minimum absolute atomic E-state index is 0.0118. The average Bonchev–Trinajstić information content (AvgIpc) is 2.90. The number of benzene rings is 2. The van der Waals surface area contributed by atoms with Gasteiger partial charge < -0.3 is 20.5 Å². The molecule has 0 saturated heterocycles. The van der Waals surface area contributed by atoms with E-state index in [0.717, 1.165) is 11.1 Å². The number of ether oxygens (including phenoxy) is 1. The lowest BCUT2D eigenvalue weighted by Crippen LogP contribution is -2.42. The largest absolute Gasteiger partial charge is 0.464 e. The Balaban J connectivity index is 1.56. The minimum atomic E-state index is -0.547. The van der Waals surface area contributed by atoms with E-state index in [1.165, 1.54) is 0 Å². The zero-order chi connectivity index (χ0) is 25.6. The second-order valence-electron chi connectivity index (χ2n) is 9.17. The second kappa shape index (κ2) is 14.8. The number of hydrogen-bond acceptors (Lipinski definition) is 5. The van der Waals surface area contributed by atoms with Crippen LogP contribution >= 0.6 is 0 Å². The molecule has 3 N–H and O–H groups in total. The molecule has 0 bridgehead atoms. The number of carbonyl (C=O) groups is 3. The van der Waals surface area contributed by atoms with E-state index in [1.54, 1.807) is 0 Å². The van der Waals surface area contributed by atoms with Crippen LogP contribution < -0.4 is 10.6 Å². The molecule has 2 aromatic carbocycles. The van der Waals surface area contributed by atoms with Gasteiger partial charge >= 0.3 is 5.97 Å². The Morgan fingerprint density at radius 1 is 1.00 bits per heavy atom. The number of cyclic esters (lactones) is 1. The zero-order valence-corrected chi connectivity index (χ0v) is 20.6. The number of carbonyl (C=O) groups excluding carboxylic acids is 3. The maximum Gasteiger partial charge on any atom is 0.309 e. The number of esters is 1. The van der Waals surface area contributed by atoms with Crippen LogP contribution in [-0.2, 0) is 32.0 Å². The molecule has 192 valence electrons. The molecule has 0 spiro atoms. The normalized spacial score (nSPS) is 20.1. The smallest absolute Gasteiger partial charge is 0.309 e. The lowest BCUT2D eigenvalue weighted by molar-refractivity contribution is -0.149. The van der Waals surface area contributed by atoms with Gasteiger partial charge in [-0.2, -0.15) is 0 Å². The number of hydrogen-bond donors (Lipinski definition) is 3. The minimum Gasteiger partial charge on any atom is -0.464 e. The summed E-state index contributed by atoms with van der Waals surface area (Å²) in [5.74, 6) is -1.60. The summed E-state index contributed by atoms with van der Waals surface area (Å²) >= 11 is 0. The molecule has 0 saturated carbocycles. The van der Waals surface area contributed by atoms with E-state index in [1.807, 2.05) is 72.8 Å². The van der Waals surface area contributed by atoms with Crippen LogP contribution in [0.2, 0.25) is 0 Å². The van der Waals surface area contributed by atoms with E-state index in [2.05, 4.69) is 10.6 Å². The number of aliphatic hydroxyl groups excluding tert-OH is 1. The molecule has 36 heavy (non-hydrogen) atoms. The van der Waals surface area contributed by atoms with E-state index in [4.69, 9.17) is 4.74 Å². The number of nitrogens with one attached hydrogen (secondary N) is 2. The highest BCUT2D eigenvalue weighted by atomic mass is 16.5. The van der Waals surface area contributed by atoms with Gasteiger partial charge in [-0.3, -0.25) is 14.4 Å². The van der Waals surface area contributed by atoms with Crippen molar-refractivity contribution in [2.24, 2.45) is 11.8 Å². The summed E-state index contributed by atoms with van der Waals surface area (Å²) in [6.45, 7) is 0.0938. The lowest BCUT2D eigenvalue weighted by atomic mass is 9.94. The van der Waals surface area contributed by atoms with Crippen molar-refractivity contribution >= 4 is 17.8 Å². The number of allylic oxidation sites excluding steroid dienone is 2. The van der Waals surface area contributed by atoms with Crippen LogP contribution in [-0.4, -0.2) is 48.7 Å². The molecule has 0 aromatic heterocycles. The third kappa shape index (κ3) is 9.30. The van der Waals surface area contributed by atoms with Crippen LogP contribution in [0.5, 0.6) is 0 Å². The Kier molecular flexibility index (Phi) is 11.2. The van der Waals surface area contributed by atoms with Gasteiger partial charge in [0.25, 0.3) is 0 Å². The zero-order valence-electron chi connectivity index (χ0n) is 20.6. The number of aliphatic hydroxyl groups is 1. The summed E-state index contributed by atoms with van der Waals surface area (Å²) < 4.78 is 5.44. The first-order valence-electron chi connectivity index (χ1n) is 12.6. The first-order chi connectivity index (χ1) is 17.5. The fourth-order valence-electron chi connectivity index (χ4n) is 4.32. The molecule has 0 fully saturated rings. The third-order valence-electron chi connectivity index (χ3n) is 6.29. The van der Waals surface area contributed by atoms with Crippen LogP contribution in [0, 0.1) is 11.8 Å². The molecular weight excluding hydrogens is 456 g/mol. The molecule has 3 atom stereocenters. The van der Waals surface area contributed by atoms with E-state index in [9.17, 15) is 19.5 Å². The van der Waals surface area contributed by atoms with Gasteiger partial charge in [0.2, 0.25) is 11.8 Å². The standard InChI is InChI=1S/C29H36N2O5/c32-21-26(19-23-12-6-2-7-13-23)31-27(33)20-24-14-8-3-9-15-25(18-22-10-4-1-5-11-22)29(35)36-17-16-30-28(24)34/h1-8,10-13,24-26,32H,9,14-21H2,(H,30,34)(H,31,33). The van der Waals surface area contributed by atoms with E-state index in [0.29, 0.717) is 32.1 Å². The van der Waals surface area contributed by atoms with Crippen molar-refractivity contribution in [3.63, 3.8) is 0 Å². The number of rotatable bonds is 8. The Bertz CT molecular complexity index is 993. The van der Waals surface area contributed by atoms with Crippen LogP contribution in [0.3, 0.4) is 0 Å². The predicted molar refractivity (Wildman–Crippen MR) is 138 cm³/mol. The quantitative estimate of drug-likeness (QED) is 0.388. The van der Waals surface area contributed by atoms with Gasteiger partial charge in [0.1, 0.15) is 6.61 Å². The molecule has 2 aromatic rings. The van der Waals surface area contributed by atoms with Crippen molar-refractivity contribution in [3.05, 3.63) is 83.9 Å². The molecule has 7 nitrogen and oxygen atoms in total. The number of amides is 2. The monoisotopic (exact) mass is 492 g/mol. The predicted octanol–water partition coefficient (Wildman–Crippen LogP) is 2.97. The summed E-state index contributed by atoms with van der Waals surface area (Å²) in [5, 5.41) is 15.4. The third-order valence-corrected chi connectivity index (χ3v) is 6.29. The van der Waals surface area contributed by atoms with Crippen molar-refractivity contribution in [1.29, 1.82) is 0 Å². The summed E-state index contributed by atoms with van der Waals surface area (Å²) in [5.41, 5.74) is 2.10. The van der Waals surface area contributed by atoms with E-state index < -0.39 is 12.0 Å². The Morgan fingerprint density at radius 2 is 1.69 bits per heavy atom. The molecule has 1 aliphatic heterocycles. The van der Waals surface area contributed by atoms with Gasteiger partial charge in [-0.05, 0) is 43.2 Å². The molecule has 0 radical (unpaired) electrons. The topological polar surface area (TPSA) is 105 Å². The first kappa shape index (κ1) is 27.1. The molecule has 7 heteroatoms. The van der Waals surface area contributed by atoms with E-state index >= 15 is 0 Å². The Morgan fingerprint density at radius 3 is 2.39 bits per heavy atom. The van der Waals surface area contributed by atoms with E-state index in [-0.39, 0.29) is 49.9 Å². The van der Waals surface area contributed by atoms with Crippen molar-refractivity contribution in [3.8, 4) is 0 Å². The Labute approximate surface area is 212 Å². The highest BCUT2D eigenvalue weighted by Crippen LogP contribution is 2.18. The average molecular weight is 493 g/mol. The Hall–Kier alpha value is -3.45. The molecule has 1 aliphatic rings. The van der Waals surface area contributed by atoms with Crippen molar-refractivity contribution < 1.29 is 24.2 Å². The van der Waals surface area contributed by atoms with Crippen LogP contribution in [0.1, 0.15) is 36.8 Å². The lowest BCUT2D eigenvalue weighted by Gasteiger charge is -2.19. The maximum absolute atomic E-state index is 12.8. The summed E-state index contributed by atoms with van der Waals surface area (Å²) in [7, 11) is 0. The van der Waals surface area contributed by atoms with Crippen LogP contribution in [0.15, 0.2) is 72.8 Å². The fourth-order valence-corrected chi connectivity index (χ4v) is 4.32. The van der Waals surface area contributed by atoms with Gasteiger partial charge in [-0.15, -0.1) is 0 Å². The van der Waals surface area contributed by atoms with Gasteiger partial charge in [0.15, 0.2) is 0 Å². The summed E-state index contributed by atoms with van der Waals surface area (Å²) in [6.07, 6.45) is 6.75. The SMILES string of the molecule is O=C(CC1CC=CCCC(Cc2ccccc2)C(=O)OCCNC1=O)NC(CO)Cc1ccccc1. The molecule has 1 heterocycles. The molecular formula is C29H36N2O5.